The highest BCUT2D eigenvalue weighted by molar-refractivity contribution is 9.10. The Bertz CT molecular complexity index is 1430. The summed E-state index contributed by atoms with van der Waals surface area (Å²) in [5.74, 6) is 1.34. The Morgan fingerprint density at radius 2 is 1.94 bits per heavy atom. The van der Waals surface area contributed by atoms with E-state index in [-0.39, 0.29) is 11.0 Å². The van der Waals surface area contributed by atoms with E-state index in [0.29, 0.717) is 17.6 Å². The number of rotatable bonds is 7. The van der Waals surface area contributed by atoms with Crippen molar-refractivity contribution < 1.29 is 13.9 Å². The van der Waals surface area contributed by atoms with Gasteiger partial charge >= 0.3 is 0 Å². The van der Waals surface area contributed by atoms with Crippen LogP contribution >= 0.6 is 28.1 Å². The second kappa shape index (κ2) is 11.5. The van der Waals surface area contributed by atoms with E-state index in [2.05, 4.69) is 57.5 Å². The van der Waals surface area contributed by atoms with Crippen molar-refractivity contribution in [2.45, 2.75) is 26.2 Å². The first kappa shape index (κ1) is 25.6. The van der Waals surface area contributed by atoms with Crippen LogP contribution in [0, 0.1) is 0 Å². The third-order valence-electron chi connectivity index (χ3n) is 5.83. The van der Waals surface area contributed by atoms with Crippen molar-refractivity contribution >= 4 is 62.0 Å². The average Bonchev–Trinajstić information content (AvgIpc) is 3.31. The molecule has 3 aromatic carbocycles. The molecule has 0 saturated carbocycles. The molecule has 0 aliphatic carbocycles. The molecule has 1 amide bonds. The van der Waals surface area contributed by atoms with Crippen molar-refractivity contribution in [3.8, 4) is 17.2 Å². The lowest BCUT2D eigenvalue weighted by Gasteiger charge is -2.09. The smallest absolute Gasteiger partial charge is 0.250 e. The number of thiocarbonyl (C=S) groups is 1. The Morgan fingerprint density at radius 3 is 2.67 bits per heavy atom. The lowest BCUT2D eigenvalue weighted by molar-refractivity contribution is -0.115. The van der Waals surface area contributed by atoms with Gasteiger partial charge in [0.05, 0.1) is 7.11 Å². The number of oxazole rings is 1. The number of anilines is 1. The number of halogens is 1. The van der Waals surface area contributed by atoms with Crippen LogP contribution in [0.4, 0.5) is 5.69 Å². The molecule has 0 radical (unpaired) electrons. The van der Waals surface area contributed by atoms with E-state index < -0.39 is 0 Å². The number of methoxy groups -OCH3 is 1. The first-order valence-corrected chi connectivity index (χ1v) is 12.7. The monoisotopic (exact) mass is 563 g/mol. The second-order valence-corrected chi connectivity index (χ2v) is 9.62. The van der Waals surface area contributed by atoms with Gasteiger partial charge in [-0.3, -0.25) is 10.1 Å². The van der Waals surface area contributed by atoms with Crippen LogP contribution in [0.1, 0.15) is 37.3 Å². The third-order valence-corrected chi connectivity index (χ3v) is 6.52. The van der Waals surface area contributed by atoms with Gasteiger partial charge in [0.25, 0.3) is 0 Å². The molecule has 0 saturated heterocycles. The minimum Gasteiger partial charge on any atom is -0.496 e. The van der Waals surface area contributed by atoms with Crippen LogP contribution in [0.5, 0.6) is 5.75 Å². The van der Waals surface area contributed by atoms with E-state index in [9.17, 15) is 4.79 Å². The molecule has 184 valence electrons. The highest BCUT2D eigenvalue weighted by atomic mass is 79.9. The van der Waals surface area contributed by atoms with Gasteiger partial charge in [-0.25, -0.2) is 4.98 Å². The van der Waals surface area contributed by atoms with Crippen molar-refractivity contribution in [3.05, 3.63) is 82.3 Å². The number of amides is 1. The SMILES string of the molecule is CC[C@@H](C)c1ccc2oc(-c3ccc(NC(=S)NC(=O)/C=C/c4cc(Br)ccc4OC)cc3)nc2c1. The summed E-state index contributed by atoms with van der Waals surface area (Å²) in [6.07, 6.45) is 4.15. The molecule has 1 atom stereocenters. The number of fused-ring (bicyclic) bond motifs is 1. The Hall–Kier alpha value is -3.49. The van der Waals surface area contributed by atoms with Crippen LogP contribution in [0.2, 0.25) is 0 Å². The van der Waals surface area contributed by atoms with Gasteiger partial charge in [-0.05, 0) is 90.8 Å². The Labute approximate surface area is 223 Å². The van der Waals surface area contributed by atoms with E-state index in [1.54, 1.807) is 13.2 Å². The zero-order valence-electron chi connectivity index (χ0n) is 20.2. The van der Waals surface area contributed by atoms with Crippen LogP contribution in [0.25, 0.3) is 28.6 Å². The number of hydrogen-bond acceptors (Lipinski definition) is 5. The van der Waals surface area contributed by atoms with Crippen molar-refractivity contribution in [3.63, 3.8) is 0 Å². The molecule has 0 aliphatic heterocycles. The summed E-state index contributed by atoms with van der Waals surface area (Å²) in [6.45, 7) is 4.38. The summed E-state index contributed by atoms with van der Waals surface area (Å²) >= 11 is 8.70. The Morgan fingerprint density at radius 1 is 1.17 bits per heavy atom. The molecule has 4 aromatic rings. The standard InChI is InChI=1S/C28H26BrN3O3S/c1-4-17(2)19-7-12-25-23(16-19)31-27(35-25)18-5-10-22(11-6-18)30-28(36)32-26(33)14-8-20-15-21(29)9-13-24(20)34-3/h5-17H,4H2,1-3H3,(H2,30,32,33,36)/b14-8+/t17-/m1/s1. The third kappa shape index (κ3) is 6.19. The van der Waals surface area contributed by atoms with E-state index >= 15 is 0 Å². The molecule has 0 aliphatic rings. The van der Waals surface area contributed by atoms with Gasteiger partial charge in [0.2, 0.25) is 11.8 Å². The fraction of sp³-hybridized carbons (Fsp3) is 0.179. The summed E-state index contributed by atoms with van der Waals surface area (Å²) in [7, 11) is 1.58. The molecule has 6 nitrogen and oxygen atoms in total. The van der Waals surface area contributed by atoms with Crippen LogP contribution < -0.4 is 15.4 Å². The summed E-state index contributed by atoms with van der Waals surface area (Å²) in [5, 5.41) is 5.85. The Kier molecular flexibility index (Phi) is 8.18. The Balaban J connectivity index is 1.38. The number of benzene rings is 3. The predicted molar refractivity (Wildman–Crippen MR) is 152 cm³/mol. The van der Waals surface area contributed by atoms with Gasteiger partial charge in [-0.15, -0.1) is 0 Å². The molecule has 1 aromatic heterocycles. The average molecular weight is 565 g/mol. The number of hydrogen-bond donors (Lipinski definition) is 2. The van der Waals surface area contributed by atoms with E-state index in [4.69, 9.17) is 21.4 Å². The first-order chi connectivity index (χ1) is 17.4. The summed E-state index contributed by atoms with van der Waals surface area (Å²) < 4.78 is 12.2. The number of nitrogens with one attached hydrogen (secondary N) is 2. The molecule has 8 heteroatoms. The molecule has 0 spiro atoms. The topological polar surface area (TPSA) is 76.4 Å². The van der Waals surface area contributed by atoms with E-state index in [0.717, 1.165) is 38.8 Å². The van der Waals surface area contributed by atoms with Gasteiger partial charge in [0.15, 0.2) is 10.7 Å². The lowest BCUT2D eigenvalue weighted by atomic mass is 9.98. The summed E-state index contributed by atoms with van der Waals surface area (Å²) in [6, 6.07) is 19.2. The van der Waals surface area contributed by atoms with E-state index in [1.807, 2.05) is 48.5 Å². The predicted octanol–water partition coefficient (Wildman–Crippen LogP) is 7.31. The van der Waals surface area contributed by atoms with Crippen molar-refractivity contribution in [1.29, 1.82) is 0 Å². The fourth-order valence-electron chi connectivity index (χ4n) is 3.62. The fourth-order valence-corrected chi connectivity index (χ4v) is 4.22. The lowest BCUT2D eigenvalue weighted by Crippen LogP contribution is -2.32. The zero-order valence-corrected chi connectivity index (χ0v) is 22.6. The molecule has 4 rings (SSSR count). The quantitative estimate of drug-likeness (QED) is 0.181. The molecule has 36 heavy (non-hydrogen) atoms. The highest BCUT2D eigenvalue weighted by Gasteiger charge is 2.11. The summed E-state index contributed by atoms with van der Waals surface area (Å²) in [4.78, 5) is 17.0. The summed E-state index contributed by atoms with van der Waals surface area (Å²) in [5.41, 5.74) is 5.22. The number of nitrogens with zero attached hydrogens (tertiary/aromatic N) is 1. The first-order valence-electron chi connectivity index (χ1n) is 11.5. The molecule has 0 bridgehead atoms. The maximum atomic E-state index is 12.3. The highest BCUT2D eigenvalue weighted by Crippen LogP contribution is 2.28. The normalized spacial score (nSPS) is 12.0. The van der Waals surface area contributed by atoms with Gasteiger partial charge in [-0.2, -0.15) is 0 Å². The molecule has 1 heterocycles. The number of carbonyl (C=O) groups is 1. The zero-order chi connectivity index (χ0) is 25.7. The molecule has 2 N–H and O–H groups in total. The molecular formula is C28H26BrN3O3S. The van der Waals surface area contributed by atoms with Gasteiger partial charge in [0, 0.05) is 27.4 Å². The number of ether oxygens (including phenoxy) is 1. The van der Waals surface area contributed by atoms with Crippen molar-refractivity contribution in [1.82, 2.24) is 10.3 Å². The maximum absolute atomic E-state index is 12.3. The van der Waals surface area contributed by atoms with E-state index in [1.165, 1.54) is 11.6 Å². The van der Waals surface area contributed by atoms with Crippen LogP contribution in [-0.4, -0.2) is 23.1 Å². The number of aromatic nitrogens is 1. The van der Waals surface area contributed by atoms with Gasteiger partial charge in [-0.1, -0.05) is 35.8 Å². The van der Waals surface area contributed by atoms with Crippen molar-refractivity contribution in [2.24, 2.45) is 0 Å². The van der Waals surface area contributed by atoms with Crippen molar-refractivity contribution in [2.75, 3.05) is 12.4 Å². The van der Waals surface area contributed by atoms with Gasteiger partial charge in [0.1, 0.15) is 11.3 Å². The minimum absolute atomic E-state index is 0.193. The second-order valence-electron chi connectivity index (χ2n) is 8.30. The number of carbonyl (C=O) groups excluding carboxylic acids is 1. The molecule has 0 unspecified atom stereocenters. The van der Waals surface area contributed by atoms with Crippen LogP contribution in [0.3, 0.4) is 0 Å². The molecular weight excluding hydrogens is 538 g/mol. The maximum Gasteiger partial charge on any atom is 0.250 e. The van der Waals surface area contributed by atoms with Crippen LogP contribution in [0.15, 0.2) is 75.6 Å². The largest absolute Gasteiger partial charge is 0.496 e. The molecule has 0 fully saturated rings. The minimum atomic E-state index is -0.352. The van der Waals surface area contributed by atoms with Crippen LogP contribution in [-0.2, 0) is 4.79 Å². The van der Waals surface area contributed by atoms with Gasteiger partial charge < -0.3 is 14.5 Å².